The summed E-state index contributed by atoms with van der Waals surface area (Å²) in [5, 5.41) is 0. The number of ether oxygens (including phenoxy) is 1. The first-order valence-corrected chi connectivity index (χ1v) is 14.3. The summed E-state index contributed by atoms with van der Waals surface area (Å²) < 4.78 is 4.70. The number of hydrogen-bond donors (Lipinski definition) is 0. The summed E-state index contributed by atoms with van der Waals surface area (Å²) in [5.41, 5.74) is 1.62. The largest absolute Gasteiger partial charge is 0.502 e. The Kier molecular flexibility index (Phi) is 45.3. The van der Waals surface area contributed by atoms with Crippen LogP contribution in [-0.4, -0.2) is 7.11 Å². The minimum atomic E-state index is 0.772. The van der Waals surface area contributed by atoms with E-state index >= 15 is 0 Å². The number of methoxy groups -OCH3 is 1. The molecule has 0 aromatic rings. The summed E-state index contributed by atoms with van der Waals surface area (Å²) >= 11 is 0. The standard InChI is InChI=1S/C18H34.C5H10O.4C2H6/c1-6-9-17-11-8-10-16(5)18(17)13-12-15(4)14(3)7-2;1-4-5(2)6-3;4*1-2/h12,14,16-18H,6-11,13H2,1-5H3;2,4H2,1,3H3;4*1-2H3/b15-12-;;;;;. The van der Waals surface area contributed by atoms with E-state index in [0.29, 0.717) is 0 Å². The number of allylic oxidation sites excluding steroid dienone is 3. The predicted octanol–water partition coefficient (Wildman–Crippen LogP) is 11.9. The van der Waals surface area contributed by atoms with Crippen molar-refractivity contribution in [2.45, 2.75) is 148 Å². The van der Waals surface area contributed by atoms with Crippen LogP contribution in [0.15, 0.2) is 24.0 Å². The molecule has 0 N–H and O–H groups in total. The van der Waals surface area contributed by atoms with Gasteiger partial charge in [0, 0.05) is 6.42 Å². The van der Waals surface area contributed by atoms with E-state index in [-0.39, 0.29) is 0 Å². The lowest BCUT2D eigenvalue weighted by atomic mass is 9.69. The molecule has 0 amide bonds. The highest BCUT2D eigenvalue weighted by Crippen LogP contribution is 2.39. The van der Waals surface area contributed by atoms with Crippen LogP contribution in [0.5, 0.6) is 0 Å². The van der Waals surface area contributed by atoms with Crippen LogP contribution < -0.4 is 0 Å². The van der Waals surface area contributed by atoms with E-state index in [2.05, 4.69) is 47.3 Å². The monoisotopic (exact) mass is 457 g/mol. The Morgan fingerprint density at radius 3 is 1.81 bits per heavy atom. The highest BCUT2D eigenvalue weighted by molar-refractivity contribution is 5.03. The Morgan fingerprint density at radius 1 is 0.969 bits per heavy atom. The van der Waals surface area contributed by atoms with Crippen LogP contribution in [0.2, 0.25) is 0 Å². The molecule has 1 saturated carbocycles. The van der Waals surface area contributed by atoms with E-state index < -0.39 is 0 Å². The molecule has 0 heterocycles. The van der Waals surface area contributed by atoms with E-state index in [0.717, 1.165) is 35.9 Å². The maximum absolute atomic E-state index is 4.70. The molecule has 0 radical (unpaired) electrons. The van der Waals surface area contributed by atoms with Crippen molar-refractivity contribution in [1.29, 1.82) is 0 Å². The average molecular weight is 457 g/mol. The second-order valence-corrected chi connectivity index (χ2v) is 7.71. The fraction of sp³-hybridized carbons (Fsp3) is 0.871. The molecule has 0 spiro atoms. The van der Waals surface area contributed by atoms with Crippen LogP contribution in [0.3, 0.4) is 0 Å². The Morgan fingerprint density at radius 2 is 1.47 bits per heavy atom. The van der Waals surface area contributed by atoms with Gasteiger partial charge in [-0.15, -0.1) is 0 Å². The molecule has 1 nitrogen and oxygen atoms in total. The van der Waals surface area contributed by atoms with Crippen molar-refractivity contribution in [2.24, 2.45) is 23.7 Å². The average Bonchev–Trinajstić information content (AvgIpc) is 2.87. The fourth-order valence-electron chi connectivity index (χ4n) is 3.74. The van der Waals surface area contributed by atoms with Gasteiger partial charge in [-0.1, -0.05) is 140 Å². The third kappa shape index (κ3) is 23.9. The third-order valence-corrected chi connectivity index (χ3v) is 6.01. The van der Waals surface area contributed by atoms with Gasteiger partial charge in [0.15, 0.2) is 0 Å². The topological polar surface area (TPSA) is 9.23 Å². The zero-order valence-corrected chi connectivity index (χ0v) is 25.7. The zero-order valence-electron chi connectivity index (χ0n) is 25.7. The molecule has 4 unspecified atom stereocenters. The van der Waals surface area contributed by atoms with Crippen molar-refractivity contribution >= 4 is 0 Å². The van der Waals surface area contributed by atoms with Gasteiger partial charge < -0.3 is 4.74 Å². The van der Waals surface area contributed by atoms with Gasteiger partial charge in [-0.25, -0.2) is 0 Å². The SMILES string of the molecule is C=C(CC)OC.CC.CC.CC.CC.CCCC1CCCC(C)C1C/C=C(/C)C(C)CC. The van der Waals surface area contributed by atoms with E-state index in [1.165, 1.54) is 44.9 Å². The van der Waals surface area contributed by atoms with Crippen LogP contribution in [0.25, 0.3) is 0 Å². The Balaban J connectivity index is -0.000000145. The van der Waals surface area contributed by atoms with Crippen LogP contribution in [0, 0.1) is 23.7 Å². The minimum absolute atomic E-state index is 0.772. The minimum Gasteiger partial charge on any atom is -0.502 e. The van der Waals surface area contributed by atoms with Crippen molar-refractivity contribution in [2.75, 3.05) is 7.11 Å². The van der Waals surface area contributed by atoms with Crippen LogP contribution in [0.1, 0.15) is 148 Å². The molecule has 32 heavy (non-hydrogen) atoms. The van der Waals surface area contributed by atoms with Gasteiger partial charge in [0.2, 0.25) is 0 Å². The maximum Gasteiger partial charge on any atom is 0.0881 e. The lowest BCUT2D eigenvalue weighted by molar-refractivity contribution is 0.156. The molecule has 0 saturated heterocycles. The smallest absolute Gasteiger partial charge is 0.0881 e. The molecule has 198 valence electrons. The molecular weight excluding hydrogens is 388 g/mol. The first kappa shape index (κ1) is 41.5. The second kappa shape index (κ2) is 34.9. The van der Waals surface area contributed by atoms with Crippen molar-refractivity contribution in [3.8, 4) is 0 Å². The quantitative estimate of drug-likeness (QED) is 0.260. The summed E-state index contributed by atoms with van der Waals surface area (Å²) in [4.78, 5) is 0. The normalized spacial score (nSPS) is 19.8. The number of hydrogen-bond acceptors (Lipinski definition) is 1. The lowest BCUT2D eigenvalue weighted by Crippen LogP contribution is -2.26. The molecule has 0 aliphatic heterocycles. The first-order valence-electron chi connectivity index (χ1n) is 14.3. The van der Waals surface area contributed by atoms with Gasteiger partial charge >= 0.3 is 0 Å². The van der Waals surface area contributed by atoms with Crippen LogP contribution in [0.4, 0.5) is 0 Å². The molecule has 0 aromatic heterocycles. The fourth-order valence-corrected chi connectivity index (χ4v) is 3.74. The van der Waals surface area contributed by atoms with Gasteiger partial charge in [0.25, 0.3) is 0 Å². The molecule has 1 rings (SSSR count). The van der Waals surface area contributed by atoms with Crippen molar-refractivity contribution in [3.63, 3.8) is 0 Å². The predicted molar refractivity (Wildman–Crippen MR) is 155 cm³/mol. The zero-order chi connectivity index (χ0) is 26.5. The van der Waals surface area contributed by atoms with Crippen molar-refractivity contribution in [1.82, 2.24) is 0 Å². The van der Waals surface area contributed by atoms with E-state index in [1.54, 1.807) is 12.7 Å². The molecule has 1 heteroatoms. The van der Waals surface area contributed by atoms with E-state index in [9.17, 15) is 0 Å². The molecular formula is C31H68O. The van der Waals surface area contributed by atoms with Crippen LogP contribution in [-0.2, 0) is 4.74 Å². The van der Waals surface area contributed by atoms with Crippen molar-refractivity contribution in [3.05, 3.63) is 24.0 Å². The van der Waals surface area contributed by atoms with Gasteiger partial charge in [0.05, 0.1) is 12.9 Å². The Bertz CT molecular complexity index is 347. The molecule has 0 bridgehead atoms. The summed E-state index contributed by atoms with van der Waals surface area (Å²) in [5.74, 6) is 4.51. The van der Waals surface area contributed by atoms with Crippen LogP contribution >= 0.6 is 0 Å². The molecule has 1 aliphatic carbocycles. The van der Waals surface area contributed by atoms with E-state index in [4.69, 9.17) is 4.74 Å². The molecule has 4 atom stereocenters. The molecule has 0 aromatic carbocycles. The summed E-state index contributed by atoms with van der Waals surface area (Å²) in [6.45, 7) is 33.4. The third-order valence-electron chi connectivity index (χ3n) is 6.01. The summed E-state index contributed by atoms with van der Waals surface area (Å²) in [6.07, 6.45) is 13.3. The second-order valence-electron chi connectivity index (χ2n) is 7.71. The highest BCUT2D eigenvalue weighted by atomic mass is 16.5. The summed E-state index contributed by atoms with van der Waals surface area (Å²) in [7, 11) is 1.63. The highest BCUT2D eigenvalue weighted by Gasteiger charge is 2.29. The maximum atomic E-state index is 4.70. The molecule has 1 aliphatic rings. The number of rotatable bonds is 8. The van der Waals surface area contributed by atoms with Crippen molar-refractivity contribution < 1.29 is 4.74 Å². The Hall–Kier alpha value is -0.720. The summed E-state index contributed by atoms with van der Waals surface area (Å²) in [6, 6.07) is 0. The van der Waals surface area contributed by atoms with Gasteiger partial charge in [0.1, 0.15) is 0 Å². The molecule has 1 fully saturated rings. The first-order chi connectivity index (χ1) is 15.4. The van der Waals surface area contributed by atoms with Gasteiger partial charge in [-0.05, 0) is 43.4 Å². The Labute approximate surface area is 207 Å². The van der Waals surface area contributed by atoms with Gasteiger partial charge in [-0.3, -0.25) is 0 Å². The van der Waals surface area contributed by atoms with E-state index in [1.807, 2.05) is 62.3 Å². The lowest BCUT2D eigenvalue weighted by Gasteiger charge is -2.36. The van der Waals surface area contributed by atoms with Gasteiger partial charge in [-0.2, -0.15) is 0 Å².